The van der Waals surface area contributed by atoms with E-state index in [1.807, 2.05) is 4.90 Å². The maximum Gasteiger partial charge on any atom is 0.223 e. The van der Waals surface area contributed by atoms with Crippen molar-refractivity contribution in [1.82, 2.24) is 9.80 Å². The normalized spacial score (nSPS) is 20.8. The van der Waals surface area contributed by atoms with Gasteiger partial charge < -0.3 is 14.5 Å². The SMILES string of the molecule is Cc1ccc([C@H]2CCN(C(=O)CCC(=O)N3CCOCC3)C2)c(C)c1. The maximum absolute atomic E-state index is 12.5. The second kappa shape index (κ2) is 8.00. The highest BCUT2D eigenvalue weighted by Crippen LogP contribution is 2.30. The largest absolute Gasteiger partial charge is 0.378 e. The molecule has 5 heteroatoms. The van der Waals surface area contributed by atoms with E-state index in [0.29, 0.717) is 45.1 Å². The van der Waals surface area contributed by atoms with E-state index in [0.717, 1.165) is 19.5 Å². The number of hydrogen-bond donors (Lipinski definition) is 0. The number of nitrogens with zero attached hydrogens (tertiary/aromatic N) is 2. The summed E-state index contributed by atoms with van der Waals surface area (Å²) in [6, 6.07) is 6.56. The van der Waals surface area contributed by atoms with Gasteiger partial charge in [0, 0.05) is 44.9 Å². The number of morpholine rings is 1. The van der Waals surface area contributed by atoms with E-state index in [-0.39, 0.29) is 11.8 Å². The third-order valence-corrected chi connectivity index (χ3v) is 5.32. The van der Waals surface area contributed by atoms with Crippen molar-refractivity contribution in [1.29, 1.82) is 0 Å². The Bertz CT molecular complexity index is 638. The summed E-state index contributed by atoms with van der Waals surface area (Å²) < 4.78 is 5.26. The summed E-state index contributed by atoms with van der Waals surface area (Å²) in [5.41, 5.74) is 3.93. The Morgan fingerprint density at radius 2 is 1.72 bits per heavy atom. The number of rotatable bonds is 4. The third kappa shape index (κ3) is 4.40. The minimum Gasteiger partial charge on any atom is -0.378 e. The van der Waals surface area contributed by atoms with Crippen LogP contribution < -0.4 is 0 Å². The topological polar surface area (TPSA) is 49.9 Å². The van der Waals surface area contributed by atoms with Crippen LogP contribution in [0.5, 0.6) is 0 Å². The summed E-state index contributed by atoms with van der Waals surface area (Å²) in [4.78, 5) is 28.4. The van der Waals surface area contributed by atoms with Crippen LogP contribution in [-0.2, 0) is 14.3 Å². The highest BCUT2D eigenvalue weighted by molar-refractivity contribution is 5.84. The summed E-state index contributed by atoms with van der Waals surface area (Å²) in [5, 5.41) is 0. The number of carbonyl (C=O) groups is 2. The number of likely N-dealkylation sites (tertiary alicyclic amines) is 1. The molecule has 1 aromatic carbocycles. The summed E-state index contributed by atoms with van der Waals surface area (Å²) in [6.07, 6.45) is 1.63. The molecule has 0 unspecified atom stereocenters. The second-order valence-electron chi connectivity index (χ2n) is 7.18. The van der Waals surface area contributed by atoms with Crippen LogP contribution in [0.25, 0.3) is 0 Å². The van der Waals surface area contributed by atoms with E-state index in [9.17, 15) is 9.59 Å². The average molecular weight is 344 g/mol. The molecule has 136 valence electrons. The highest BCUT2D eigenvalue weighted by Gasteiger charge is 2.28. The van der Waals surface area contributed by atoms with Crippen LogP contribution in [0, 0.1) is 13.8 Å². The van der Waals surface area contributed by atoms with E-state index in [1.165, 1.54) is 16.7 Å². The Balaban J connectivity index is 1.49. The predicted octanol–water partition coefficient (Wildman–Crippen LogP) is 2.26. The summed E-state index contributed by atoms with van der Waals surface area (Å²) >= 11 is 0. The van der Waals surface area contributed by atoms with Gasteiger partial charge in [-0.05, 0) is 31.4 Å². The van der Waals surface area contributed by atoms with Crippen molar-refractivity contribution >= 4 is 11.8 Å². The molecule has 2 aliphatic heterocycles. The van der Waals surface area contributed by atoms with Crippen molar-refractivity contribution in [3.05, 3.63) is 34.9 Å². The summed E-state index contributed by atoms with van der Waals surface area (Å²) in [7, 11) is 0. The fourth-order valence-electron chi connectivity index (χ4n) is 3.87. The van der Waals surface area contributed by atoms with Crippen LogP contribution in [0.1, 0.15) is 41.9 Å². The molecule has 1 atom stereocenters. The summed E-state index contributed by atoms with van der Waals surface area (Å²) in [6.45, 7) is 8.31. The molecule has 25 heavy (non-hydrogen) atoms. The van der Waals surface area contributed by atoms with E-state index in [1.54, 1.807) is 4.90 Å². The van der Waals surface area contributed by atoms with Crippen LogP contribution in [0.4, 0.5) is 0 Å². The number of ether oxygens (including phenoxy) is 1. The predicted molar refractivity (Wildman–Crippen MR) is 96.5 cm³/mol. The molecule has 0 bridgehead atoms. The molecule has 0 saturated carbocycles. The molecular weight excluding hydrogens is 316 g/mol. The van der Waals surface area contributed by atoms with Crippen molar-refractivity contribution in [2.24, 2.45) is 0 Å². The van der Waals surface area contributed by atoms with Gasteiger partial charge in [-0.2, -0.15) is 0 Å². The quantitative estimate of drug-likeness (QED) is 0.842. The zero-order valence-electron chi connectivity index (χ0n) is 15.3. The fraction of sp³-hybridized carbons (Fsp3) is 0.600. The van der Waals surface area contributed by atoms with Gasteiger partial charge >= 0.3 is 0 Å². The Morgan fingerprint density at radius 1 is 1.04 bits per heavy atom. The van der Waals surface area contributed by atoms with Crippen LogP contribution in [0.3, 0.4) is 0 Å². The first-order valence-corrected chi connectivity index (χ1v) is 9.25. The molecule has 2 aliphatic rings. The van der Waals surface area contributed by atoms with Gasteiger partial charge in [0.2, 0.25) is 11.8 Å². The average Bonchev–Trinajstić information content (AvgIpc) is 3.10. The zero-order chi connectivity index (χ0) is 17.8. The number of carbonyl (C=O) groups excluding carboxylic acids is 2. The van der Waals surface area contributed by atoms with Crippen LogP contribution >= 0.6 is 0 Å². The number of benzene rings is 1. The second-order valence-corrected chi connectivity index (χ2v) is 7.18. The molecule has 2 amide bonds. The zero-order valence-corrected chi connectivity index (χ0v) is 15.3. The van der Waals surface area contributed by atoms with E-state index >= 15 is 0 Å². The molecule has 5 nitrogen and oxygen atoms in total. The van der Waals surface area contributed by atoms with Gasteiger partial charge in [-0.15, -0.1) is 0 Å². The minimum absolute atomic E-state index is 0.0711. The van der Waals surface area contributed by atoms with Crippen molar-refractivity contribution < 1.29 is 14.3 Å². The lowest BCUT2D eigenvalue weighted by atomic mass is 9.93. The van der Waals surface area contributed by atoms with Crippen LogP contribution in [0.2, 0.25) is 0 Å². The third-order valence-electron chi connectivity index (χ3n) is 5.32. The Hall–Kier alpha value is -1.88. The van der Waals surface area contributed by atoms with E-state index < -0.39 is 0 Å². The molecule has 3 rings (SSSR count). The molecule has 2 fully saturated rings. The lowest BCUT2D eigenvalue weighted by Gasteiger charge is -2.27. The Morgan fingerprint density at radius 3 is 2.40 bits per heavy atom. The first kappa shape index (κ1) is 17.9. The molecule has 0 spiro atoms. The Kier molecular flexibility index (Phi) is 5.74. The van der Waals surface area contributed by atoms with Crippen molar-refractivity contribution in [2.75, 3.05) is 39.4 Å². The maximum atomic E-state index is 12.5. The minimum atomic E-state index is 0.0711. The lowest BCUT2D eigenvalue weighted by molar-refractivity contribution is -0.139. The van der Waals surface area contributed by atoms with Gasteiger partial charge in [-0.25, -0.2) is 0 Å². The number of amides is 2. The first-order valence-electron chi connectivity index (χ1n) is 9.25. The molecular formula is C20H28N2O3. The first-order chi connectivity index (χ1) is 12.0. The van der Waals surface area contributed by atoms with Gasteiger partial charge in [0.25, 0.3) is 0 Å². The fourth-order valence-corrected chi connectivity index (χ4v) is 3.87. The smallest absolute Gasteiger partial charge is 0.223 e. The van der Waals surface area contributed by atoms with Crippen molar-refractivity contribution in [3.63, 3.8) is 0 Å². The molecule has 0 radical (unpaired) electrons. The Labute approximate surface area is 149 Å². The van der Waals surface area contributed by atoms with Crippen molar-refractivity contribution in [3.8, 4) is 0 Å². The van der Waals surface area contributed by atoms with Gasteiger partial charge in [-0.3, -0.25) is 9.59 Å². The number of aryl methyl sites for hydroxylation is 2. The molecule has 0 N–H and O–H groups in total. The lowest BCUT2D eigenvalue weighted by Crippen LogP contribution is -2.41. The van der Waals surface area contributed by atoms with E-state index in [2.05, 4.69) is 32.0 Å². The molecule has 2 heterocycles. The van der Waals surface area contributed by atoms with E-state index in [4.69, 9.17) is 4.74 Å². The highest BCUT2D eigenvalue weighted by atomic mass is 16.5. The van der Waals surface area contributed by atoms with Gasteiger partial charge in [0.05, 0.1) is 13.2 Å². The van der Waals surface area contributed by atoms with Gasteiger partial charge in [-0.1, -0.05) is 23.8 Å². The van der Waals surface area contributed by atoms with Crippen molar-refractivity contribution in [2.45, 2.75) is 39.0 Å². The standard InChI is InChI=1S/C20H28N2O3/c1-15-3-4-18(16(2)13-15)17-7-8-22(14-17)20(24)6-5-19(23)21-9-11-25-12-10-21/h3-4,13,17H,5-12,14H2,1-2H3/t17-/m0/s1. The monoisotopic (exact) mass is 344 g/mol. The van der Waals surface area contributed by atoms with Crippen LogP contribution in [0.15, 0.2) is 18.2 Å². The molecule has 2 saturated heterocycles. The summed E-state index contributed by atoms with van der Waals surface area (Å²) in [5.74, 6) is 0.593. The number of hydrogen-bond acceptors (Lipinski definition) is 3. The van der Waals surface area contributed by atoms with Gasteiger partial charge in [0.1, 0.15) is 0 Å². The molecule has 0 aromatic heterocycles. The molecule has 0 aliphatic carbocycles. The van der Waals surface area contributed by atoms with Gasteiger partial charge in [0.15, 0.2) is 0 Å². The molecule has 1 aromatic rings. The van der Waals surface area contributed by atoms with Crippen LogP contribution in [-0.4, -0.2) is 61.0 Å².